The Hall–Kier alpha value is -4.37. The lowest BCUT2D eigenvalue weighted by Crippen LogP contribution is -2.40. The van der Waals surface area contributed by atoms with E-state index in [1.807, 2.05) is 6.07 Å². The van der Waals surface area contributed by atoms with Gasteiger partial charge in [-0.2, -0.15) is 10.2 Å². The summed E-state index contributed by atoms with van der Waals surface area (Å²) >= 11 is 0. The molecule has 1 aromatic carbocycles. The first-order valence-corrected chi connectivity index (χ1v) is 10.5. The van der Waals surface area contributed by atoms with E-state index < -0.39 is 15.7 Å². The molecule has 0 aliphatic heterocycles. The fourth-order valence-corrected chi connectivity index (χ4v) is 3.26. The molecule has 3 heterocycles. The number of anilines is 1. The maximum atomic E-state index is 12.6. The molecule has 0 bridgehead atoms. The van der Waals surface area contributed by atoms with Gasteiger partial charge >= 0.3 is 17.8 Å². The third-order valence-corrected chi connectivity index (χ3v) is 5.20. The summed E-state index contributed by atoms with van der Waals surface area (Å²) < 4.78 is 34.8. The largest absolute Gasteiger partial charge is 0.473 e. The van der Waals surface area contributed by atoms with Crippen LogP contribution in [0.25, 0.3) is 17.1 Å². The number of nitrogens with zero attached hydrogens (tertiary/aromatic N) is 5. The van der Waals surface area contributed by atoms with Crippen LogP contribution < -0.4 is 10.00 Å². The highest BCUT2D eigenvalue weighted by Crippen LogP contribution is 2.19. The van der Waals surface area contributed by atoms with E-state index in [4.69, 9.17) is 14.1 Å². The number of rotatable bonds is 5. The van der Waals surface area contributed by atoms with Crippen molar-refractivity contribution in [3.05, 3.63) is 66.7 Å². The van der Waals surface area contributed by atoms with Crippen LogP contribution in [0.1, 0.15) is 16.4 Å². The van der Waals surface area contributed by atoms with Crippen molar-refractivity contribution in [1.29, 1.82) is 5.26 Å². The second-order valence-corrected chi connectivity index (χ2v) is 8.25. The summed E-state index contributed by atoms with van der Waals surface area (Å²) in [6.45, 7) is 0. The van der Waals surface area contributed by atoms with Gasteiger partial charge in [-0.15, -0.1) is 0 Å². The molecule has 0 atom stereocenters. The first-order chi connectivity index (χ1) is 14.8. The lowest BCUT2D eigenvalue weighted by atomic mass is 10.2. The highest BCUT2D eigenvalue weighted by molar-refractivity contribution is 7.90. The summed E-state index contributed by atoms with van der Waals surface area (Å²) in [6, 6.07) is 12.5. The molecule has 0 aliphatic carbocycles. The monoisotopic (exact) mass is 437 g/mol. The molecular weight excluding hydrogens is 424 g/mol. The van der Waals surface area contributed by atoms with E-state index in [0.29, 0.717) is 17.1 Å². The van der Waals surface area contributed by atoms with E-state index in [9.17, 15) is 13.2 Å². The number of carbonyl (C=O) groups excluding carboxylic acids is 1. The zero-order valence-corrected chi connectivity index (χ0v) is 16.7. The van der Waals surface area contributed by atoms with Crippen molar-refractivity contribution >= 4 is 21.8 Å². The van der Waals surface area contributed by atoms with Crippen LogP contribution in [0.3, 0.4) is 0 Å². The molecule has 0 saturated carbocycles. The second kappa shape index (κ2) is 7.81. The van der Waals surface area contributed by atoms with Gasteiger partial charge in [0.2, 0.25) is 5.69 Å². The summed E-state index contributed by atoms with van der Waals surface area (Å²) in [5, 5.41) is 15.4. The van der Waals surface area contributed by atoms with Crippen LogP contribution in [-0.4, -0.2) is 35.6 Å². The number of benzene rings is 1. The smallest absolute Gasteiger partial charge is 0.431 e. The van der Waals surface area contributed by atoms with Crippen molar-refractivity contribution in [3.63, 3.8) is 0 Å². The van der Waals surface area contributed by atoms with Crippen molar-refractivity contribution in [2.75, 3.05) is 11.6 Å². The first kappa shape index (κ1) is 19.9. The predicted molar refractivity (Wildman–Crippen MR) is 104 cm³/mol. The molecule has 4 aromatic rings. The average molecular weight is 437 g/mol. The molecule has 31 heavy (non-hydrogen) atoms. The van der Waals surface area contributed by atoms with Crippen LogP contribution in [0, 0.1) is 11.3 Å². The Morgan fingerprint density at radius 3 is 2.58 bits per heavy atom. The average Bonchev–Trinajstić information content (AvgIpc) is 3.43. The summed E-state index contributed by atoms with van der Waals surface area (Å²) in [4.78, 5) is 21.0. The molecule has 1 N–H and O–H groups in total. The predicted octanol–water partition coefficient (Wildman–Crippen LogP) is 1.53. The standard InChI is InChI=1S/C19H12N6O5S/c1-31(27,28)14-7-5-13(6-8-14)25-18(30-11-21-25)17(26)24-19-23-16(10-29-19)15-4-2-3-12(9-20)22-15/h2-8,10-11H,1H3/p+1. The first-order valence-electron chi connectivity index (χ1n) is 8.66. The highest BCUT2D eigenvalue weighted by atomic mass is 32.2. The number of pyridine rings is 1. The number of amides is 1. The van der Waals surface area contributed by atoms with Gasteiger partial charge in [-0.25, -0.2) is 13.4 Å². The van der Waals surface area contributed by atoms with Crippen molar-refractivity contribution in [2.24, 2.45) is 0 Å². The van der Waals surface area contributed by atoms with E-state index >= 15 is 0 Å². The van der Waals surface area contributed by atoms with E-state index in [1.54, 1.807) is 18.2 Å². The van der Waals surface area contributed by atoms with Gasteiger partial charge in [-0.3, -0.25) is 10.1 Å². The van der Waals surface area contributed by atoms with Crippen LogP contribution in [0.2, 0.25) is 0 Å². The molecule has 154 valence electrons. The Morgan fingerprint density at radius 2 is 1.87 bits per heavy atom. The Bertz CT molecular complexity index is 1420. The van der Waals surface area contributed by atoms with Crippen molar-refractivity contribution < 1.29 is 26.7 Å². The highest BCUT2D eigenvalue weighted by Gasteiger charge is 2.30. The fraction of sp³-hybridized carbons (Fsp3) is 0.0526. The molecule has 3 aromatic heterocycles. The third kappa shape index (κ3) is 4.16. The number of hydrogen-bond donors (Lipinski definition) is 1. The normalized spacial score (nSPS) is 11.1. The molecule has 11 nitrogen and oxygen atoms in total. The van der Waals surface area contributed by atoms with Crippen LogP contribution >= 0.6 is 0 Å². The Labute approximate surface area is 175 Å². The number of nitriles is 1. The van der Waals surface area contributed by atoms with Crippen LogP contribution in [0.15, 0.2) is 68.9 Å². The van der Waals surface area contributed by atoms with E-state index in [1.165, 1.54) is 35.2 Å². The summed E-state index contributed by atoms with van der Waals surface area (Å²) in [5.41, 5.74) is 1.37. The van der Waals surface area contributed by atoms with Crippen LogP contribution in [-0.2, 0) is 9.84 Å². The minimum Gasteiger partial charge on any atom is -0.431 e. The SMILES string of the molecule is CS(=O)(=O)c1ccc(-[n+]2ncoc2C(=O)Nc2nc(-c3cccc(C#N)n3)co2)cc1. The Morgan fingerprint density at radius 1 is 1.10 bits per heavy atom. The van der Waals surface area contributed by atoms with Gasteiger partial charge in [-0.05, 0) is 28.9 Å². The van der Waals surface area contributed by atoms with E-state index in [2.05, 4.69) is 20.4 Å². The molecule has 4 rings (SSSR count). The van der Waals surface area contributed by atoms with Crippen molar-refractivity contribution in [2.45, 2.75) is 4.90 Å². The molecule has 0 saturated heterocycles. The zero-order chi connectivity index (χ0) is 22.0. The molecule has 0 aliphatic rings. The number of sulfone groups is 1. The summed E-state index contributed by atoms with van der Waals surface area (Å²) in [5.74, 6) is -0.881. The minimum atomic E-state index is -3.36. The lowest BCUT2D eigenvalue weighted by molar-refractivity contribution is -0.662. The minimum absolute atomic E-state index is 0.112. The maximum absolute atomic E-state index is 12.6. The molecule has 0 spiro atoms. The lowest BCUT2D eigenvalue weighted by Gasteiger charge is -1.98. The summed E-state index contributed by atoms with van der Waals surface area (Å²) in [7, 11) is -3.36. The van der Waals surface area contributed by atoms with Gasteiger partial charge < -0.3 is 8.83 Å². The van der Waals surface area contributed by atoms with Gasteiger partial charge in [0.1, 0.15) is 23.7 Å². The number of nitrogens with one attached hydrogen (secondary N) is 1. The molecule has 12 heteroatoms. The van der Waals surface area contributed by atoms with Crippen molar-refractivity contribution in [3.8, 4) is 23.1 Å². The quantitative estimate of drug-likeness (QED) is 0.457. The van der Waals surface area contributed by atoms with Gasteiger partial charge in [0.25, 0.3) is 6.39 Å². The van der Waals surface area contributed by atoms with Gasteiger partial charge in [-0.1, -0.05) is 6.07 Å². The summed E-state index contributed by atoms with van der Waals surface area (Å²) in [6.07, 6.45) is 3.45. The number of hydrogen-bond acceptors (Lipinski definition) is 9. The van der Waals surface area contributed by atoms with E-state index in [-0.39, 0.29) is 22.5 Å². The fourth-order valence-electron chi connectivity index (χ4n) is 2.63. The van der Waals surface area contributed by atoms with Crippen molar-refractivity contribution in [1.82, 2.24) is 15.1 Å². The van der Waals surface area contributed by atoms with Gasteiger partial charge in [0.05, 0.1) is 10.6 Å². The second-order valence-electron chi connectivity index (χ2n) is 6.23. The zero-order valence-electron chi connectivity index (χ0n) is 15.9. The van der Waals surface area contributed by atoms with E-state index in [0.717, 1.165) is 12.6 Å². The van der Waals surface area contributed by atoms with Gasteiger partial charge in [0, 0.05) is 23.5 Å². The Balaban J connectivity index is 1.55. The molecule has 1 amide bonds. The number of aromatic nitrogens is 4. The van der Waals surface area contributed by atoms with Gasteiger partial charge in [0.15, 0.2) is 9.84 Å². The van der Waals surface area contributed by atoms with Crippen LogP contribution in [0.4, 0.5) is 6.01 Å². The number of oxazole rings is 1. The number of carbonyl (C=O) groups is 1. The maximum Gasteiger partial charge on any atom is 0.473 e. The topological polar surface area (TPSA) is 156 Å². The molecule has 0 fully saturated rings. The Kier molecular flexibility index (Phi) is 5.02. The molecular formula is C19H13N6O5S+. The molecule has 0 radical (unpaired) electrons. The third-order valence-electron chi connectivity index (χ3n) is 4.07. The molecule has 0 unspecified atom stereocenters. The van der Waals surface area contributed by atoms with Crippen LogP contribution in [0.5, 0.6) is 0 Å².